The predicted octanol–water partition coefficient (Wildman–Crippen LogP) is 4.73. The fourth-order valence-corrected chi connectivity index (χ4v) is 7.34. The number of methoxy groups -OCH3 is 1. The van der Waals surface area contributed by atoms with Crippen LogP contribution < -0.4 is 21.3 Å². The second-order valence-corrected chi connectivity index (χ2v) is 12.1. The summed E-state index contributed by atoms with van der Waals surface area (Å²) >= 11 is 1.22. The molecule has 2 aliphatic rings. The first-order valence-corrected chi connectivity index (χ1v) is 15.0. The molecule has 1 aliphatic carbocycles. The van der Waals surface area contributed by atoms with Gasteiger partial charge in [0.25, 0.3) is 5.56 Å². The lowest BCUT2D eigenvalue weighted by molar-refractivity contribution is -0.122. The van der Waals surface area contributed by atoms with Gasteiger partial charge in [-0.15, -0.1) is 11.3 Å². The summed E-state index contributed by atoms with van der Waals surface area (Å²) < 4.78 is 35.0. The van der Waals surface area contributed by atoms with E-state index < -0.39 is 29.2 Å². The van der Waals surface area contributed by atoms with Gasteiger partial charge in [-0.1, -0.05) is 6.92 Å². The zero-order valence-electron chi connectivity index (χ0n) is 23.7. The van der Waals surface area contributed by atoms with Crippen LogP contribution in [0.2, 0.25) is 0 Å². The Morgan fingerprint density at radius 2 is 1.98 bits per heavy atom. The number of ether oxygens (including phenoxy) is 2. The molecular formula is C30H33FN4O6S. The molecule has 1 saturated carbocycles. The number of nitrogens with one attached hydrogen (secondary N) is 1. The highest BCUT2D eigenvalue weighted by molar-refractivity contribution is 7.22. The molecule has 222 valence electrons. The summed E-state index contributed by atoms with van der Waals surface area (Å²) in [6, 6.07) is 3.29. The molecule has 10 nitrogen and oxygen atoms in total. The number of fused-ring (bicyclic) bond motifs is 1. The summed E-state index contributed by atoms with van der Waals surface area (Å²) in [6.45, 7) is 4.33. The molecule has 1 N–H and O–H groups in total. The number of aromatic nitrogens is 3. The number of oxazole rings is 1. The Labute approximate surface area is 245 Å². The van der Waals surface area contributed by atoms with E-state index in [9.17, 15) is 18.8 Å². The van der Waals surface area contributed by atoms with E-state index in [-0.39, 0.29) is 18.6 Å². The van der Waals surface area contributed by atoms with Crippen molar-refractivity contribution in [1.82, 2.24) is 19.4 Å². The molecule has 2 fully saturated rings. The first kappa shape index (κ1) is 28.4. The molecule has 12 heteroatoms. The van der Waals surface area contributed by atoms with E-state index in [1.165, 1.54) is 47.6 Å². The summed E-state index contributed by atoms with van der Waals surface area (Å²) in [5.41, 5.74) is -0.0999. The number of nitrogens with zero attached hydrogens (tertiary/aromatic N) is 3. The average molecular weight is 597 g/mol. The number of carbonyl (C=O) groups excluding carboxylic acids is 1. The molecule has 4 aromatic rings. The Hall–Kier alpha value is -3.77. The molecular weight excluding hydrogens is 563 g/mol. The van der Waals surface area contributed by atoms with Gasteiger partial charge in [-0.25, -0.2) is 18.7 Å². The van der Waals surface area contributed by atoms with E-state index in [2.05, 4.69) is 17.2 Å². The highest BCUT2D eigenvalue weighted by Gasteiger charge is 2.34. The van der Waals surface area contributed by atoms with Crippen LogP contribution in [-0.2, 0) is 16.1 Å². The van der Waals surface area contributed by atoms with Crippen LogP contribution in [0.3, 0.4) is 0 Å². The Morgan fingerprint density at radius 1 is 1.19 bits per heavy atom. The molecule has 4 heterocycles. The third-order valence-corrected chi connectivity index (χ3v) is 9.71. The van der Waals surface area contributed by atoms with Crippen molar-refractivity contribution in [3.8, 4) is 16.5 Å². The zero-order valence-corrected chi connectivity index (χ0v) is 24.5. The second-order valence-electron chi connectivity index (χ2n) is 11.1. The van der Waals surface area contributed by atoms with Crippen LogP contribution in [0.5, 0.6) is 5.75 Å². The topological polar surface area (TPSA) is 118 Å². The number of aryl methyl sites for hydroxylation is 1. The monoisotopic (exact) mass is 596 g/mol. The van der Waals surface area contributed by atoms with Gasteiger partial charge in [0.15, 0.2) is 0 Å². The van der Waals surface area contributed by atoms with E-state index >= 15 is 0 Å². The van der Waals surface area contributed by atoms with Crippen LogP contribution in [0.4, 0.5) is 4.39 Å². The largest absolute Gasteiger partial charge is 0.496 e. The van der Waals surface area contributed by atoms with Crippen molar-refractivity contribution in [3.63, 3.8) is 0 Å². The Balaban J connectivity index is 1.55. The first-order valence-electron chi connectivity index (χ1n) is 14.2. The van der Waals surface area contributed by atoms with E-state index in [1.54, 1.807) is 13.0 Å². The fraction of sp³-hybridized carbons (Fsp3) is 0.467. The second kappa shape index (κ2) is 11.5. The third kappa shape index (κ3) is 5.06. The summed E-state index contributed by atoms with van der Waals surface area (Å²) in [5, 5.41) is 3.04. The molecule has 0 radical (unpaired) electrons. The third-order valence-electron chi connectivity index (χ3n) is 8.41. The minimum absolute atomic E-state index is 0.0270. The van der Waals surface area contributed by atoms with Gasteiger partial charge < -0.3 is 19.2 Å². The summed E-state index contributed by atoms with van der Waals surface area (Å²) in [4.78, 5) is 46.1. The predicted molar refractivity (Wildman–Crippen MR) is 155 cm³/mol. The quantitative estimate of drug-likeness (QED) is 0.312. The average Bonchev–Trinajstić information content (AvgIpc) is 3.73. The standard InChI is InChI=1S/C30H33FN4O6S/c1-16-4-7-19(8-5-16)41-23(20-14-18(31)6-9-22(20)39-3)15-34-29-24(17(2)25(42-29)27-33-12-13-40-27)28(37)35(30(34)38)21-10-11-32-26(21)36/h6,9,12-14,16,19,21,23H,4-5,7-8,10-11,15H2,1-3H3,(H,32,36)/t16?,19?,21-,23-/m0/s1. The van der Waals surface area contributed by atoms with Gasteiger partial charge in [0.05, 0.1) is 36.2 Å². The lowest BCUT2D eigenvalue weighted by Crippen LogP contribution is -2.44. The number of halogens is 1. The molecule has 1 aromatic carbocycles. The van der Waals surface area contributed by atoms with Gasteiger partial charge in [0, 0.05) is 12.1 Å². The molecule has 0 spiro atoms. The number of rotatable bonds is 8. The normalized spacial score (nSPS) is 21.5. The molecule has 42 heavy (non-hydrogen) atoms. The lowest BCUT2D eigenvalue weighted by atomic mass is 9.88. The minimum atomic E-state index is -0.937. The minimum Gasteiger partial charge on any atom is -0.496 e. The van der Waals surface area contributed by atoms with Gasteiger partial charge in [0.1, 0.15) is 34.8 Å². The number of thiophene rings is 1. The maximum atomic E-state index is 14.6. The number of hydrogen-bond donors (Lipinski definition) is 1. The molecule has 0 unspecified atom stereocenters. The van der Waals surface area contributed by atoms with E-state index in [0.717, 1.165) is 30.3 Å². The van der Waals surface area contributed by atoms with Gasteiger partial charge in [-0.3, -0.25) is 14.2 Å². The molecule has 6 rings (SSSR count). The highest BCUT2D eigenvalue weighted by Crippen LogP contribution is 2.38. The number of carbonyl (C=O) groups is 1. The van der Waals surface area contributed by atoms with Crippen molar-refractivity contribution >= 4 is 27.5 Å². The van der Waals surface area contributed by atoms with Crippen molar-refractivity contribution in [3.05, 3.63) is 68.4 Å². The van der Waals surface area contributed by atoms with E-state index in [4.69, 9.17) is 13.9 Å². The van der Waals surface area contributed by atoms with E-state index in [1.807, 2.05) is 0 Å². The van der Waals surface area contributed by atoms with Crippen LogP contribution >= 0.6 is 11.3 Å². The summed E-state index contributed by atoms with van der Waals surface area (Å²) in [6.07, 6.45) is 6.10. The molecule has 2 atom stereocenters. The Kier molecular flexibility index (Phi) is 7.75. The van der Waals surface area contributed by atoms with Gasteiger partial charge in [0.2, 0.25) is 11.8 Å². The van der Waals surface area contributed by atoms with E-state index in [0.29, 0.717) is 56.7 Å². The number of benzene rings is 1. The molecule has 3 aromatic heterocycles. The number of amides is 1. The molecule has 1 amide bonds. The zero-order chi connectivity index (χ0) is 29.5. The summed E-state index contributed by atoms with van der Waals surface area (Å²) in [7, 11) is 1.50. The lowest BCUT2D eigenvalue weighted by Gasteiger charge is -2.31. The van der Waals surface area contributed by atoms with Crippen LogP contribution in [0.1, 0.15) is 62.3 Å². The smallest absolute Gasteiger partial charge is 0.332 e. The maximum Gasteiger partial charge on any atom is 0.332 e. The molecule has 1 aliphatic heterocycles. The van der Waals surface area contributed by atoms with Crippen LogP contribution in [0.25, 0.3) is 21.0 Å². The van der Waals surface area contributed by atoms with Gasteiger partial charge >= 0.3 is 5.69 Å². The maximum absolute atomic E-state index is 14.6. The van der Waals surface area contributed by atoms with Gasteiger partial charge in [-0.2, -0.15) is 0 Å². The van der Waals surface area contributed by atoms with Crippen molar-refractivity contribution in [2.45, 2.75) is 70.7 Å². The fourth-order valence-electron chi connectivity index (χ4n) is 6.10. The number of hydrogen-bond acceptors (Lipinski definition) is 8. The SMILES string of the molecule is COc1ccc(F)cc1[C@H](Cn1c(=O)n([C@H]2CCNC2=O)c(=O)c2c(C)c(-c3ncco3)sc21)OC1CCC(C)CC1. The molecule has 1 saturated heterocycles. The molecule has 0 bridgehead atoms. The van der Waals surface area contributed by atoms with Crippen LogP contribution in [0, 0.1) is 18.7 Å². The van der Waals surface area contributed by atoms with Crippen LogP contribution in [0.15, 0.2) is 44.7 Å². The van der Waals surface area contributed by atoms with Crippen molar-refractivity contribution in [2.75, 3.05) is 13.7 Å². The first-order chi connectivity index (χ1) is 20.3. The van der Waals surface area contributed by atoms with Gasteiger partial charge in [-0.05, 0) is 68.7 Å². The van der Waals surface area contributed by atoms with Crippen molar-refractivity contribution < 1.29 is 23.1 Å². The Bertz CT molecular complexity index is 1740. The van der Waals surface area contributed by atoms with Crippen LogP contribution in [-0.4, -0.2) is 39.8 Å². The Morgan fingerprint density at radius 3 is 2.64 bits per heavy atom. The van der Waals surface area contributed by atoms with Crippen molar-refractivity contribution in [2.24, 2.45) is 5.92 Å². The van der Waals surface area contributed by atoms with Crippen molar-refractivity contribution in [1.29, 1.82) is 0 Å². The highest BCUT2D eigenvalue weighted by atomic mass is 32.1. The summed E-state index contributed by atoms with van der Waals surface area (Å²) in [5.74, 6) is 0.518.